The van der Waals surface area contributed by atoms with Crippen molar-refractivity contribution in [3.05, 3.63) is 36.3 Å². The van der Waals surface area contributed by atoms with E-state index >= 15 is 0 Å². The first-order valence-electron chi connectivity index (χ1n) is 4.94. The maximum absolute atomic E-state index is 5.68. The number of rotatable bonds is 4. The molecule has 2 N–H and O–H groups in total. The number of hydrogen-bond acceptors (Lipinski definition) is 3. The third-order valence-corrected chi connectivity index (χ3v) is 1.40. The largest absolute Gasteiger partial charge is 0.397 e. The second-order valence-electron chi connectivity index (χ2n) is 2.31. The Morgan fingerprint density at radius 2 is 1.80 bits per heavy atom. The van der Waals surface area contributed by atoms with Crippen LogP contribution in [-0.4, -0.2) is 12.4 Å². The zero-order valence-corrected chi connectivity index (χ0v) is 10.1. The summed E-state index contributed by atoms with van der Waals surface area (Å²) in [6.07, 6.45) is 5.19. The van der Waals surface area contributed by atoms with Crippen LogP contribution in [0.15, 0.2) is 46.3 Å². The molecule has 84 valence electrons. The van der Waals surface area contributed by atoms with Crippen molar-refractivity contribution in [3.63, 3.8) is 0 Å². The van der Waals surface area contributed by atoms with Gasteiger partial charge in [0.2, 0.25) is 0 Å². The van der Waals surface area contributed by atoms with E-state index in [9.17, 15) is 0 Å². The summed E-state index contributed by atoms with van der Waals surface area (Å²) in [6, 6.07) is 0. The van der Waals surface area contributed by atoms with Crippen LogP contribution in [0.1, 0.15) is 27.7 Å². The minimum Gasteiger partial charge on any atom is -0.397 e. The molecule has 0 rings (SSSR count). The molecule has 0 bridgehead atoms. The molecule has 0 aromatic heterocycles. The van der Waals surface area contributed by atoms with Gasteiger partial charge in [0.05, 0.1) is 11.4 Å². The highest BCUT2D eigenvalue weighted by Crippen LogP contribution is 2.03. The highest BCUT2D eigenvalue weighted by molar-refractivity contribution is 6.11. The molecule has 0 fully saturated rings. The van der Waals surface area contributed by atoms with Crippen LogP contribution in [0.4, 0.5) is 0 Å². The van der Waals surface area contributed by atoms with Crippen LogP contribution in [0.25, 0.3) is 0 Å². The Hall–Kier alpha value is -1.64. The highest BCUT2D eigenvalue weighted by atomic mass is 14.8. The average Bonchev–Trinajstić information content (AvgIpc) is 2.31. The molecule has 0 radical (unpaired) electrons. The Kier molecular flexibility index (Phi) is 11.0. The van der Waals surface area contributed by atoms with Gasteiger partial charge in [-0.15, -0.1) is 0 Å². The third kappa shape index (κ3) is 6.43. The van der Waals surface area contributed by atoms with Gasteiger partial charge < -0.3 is 5.73 Å². The molecule has 0 atom stereocenters. The molecule has 15 heavy (non-hydrogen) atoms. The lowest BCUT2D eigenvalue weighted by Gasteiger charge is -2.03. The molecular weight excluding hydrogens is 186 g/mol. The Balaban J connectivity index is 0. The van der Waals surface area contributed by atoms with Crippen molar-refractivity contribution in [3.8, 4) is 0 Å². The van der Waals surface area contributed by atoms with Crippen molar-refractivity contribution >= 4 is 12.4 Å². The summed E-state index contributed by atoms with van der Waals surface area (Å²) in [5.41, 5.74) is 7.28. The SMILES string of the molecule is C=NC(=C)C(=N/C=C\C)/C(N)=C\C.CC. The van der Waals surface area contributed by atoms with Crippen molar-refractivity contribution in [1.29, 1.82) is 0 Å². The average molecular weight is 207 g/mol. The maximum Gasteiger partial charge on any atom is 0.110 e. The molecule has 3 heteroatoms. The van der Waals surface area contributed by atoms with Crippen LogP contribution in [0, 0.1) is 0 Å². The summed E-state index contributed by atoms with van der Waals surface area (Å²) in [5, 5.41) is 0. The monoisotopic (exact) mass is 207 g/mol. The van der Waals surface area contributed by atoms with E-state index < -0.39 is 0 Å². The summed E-state index contributed by atoms with van der Waals surface area (Å²) in [4.78, 5) is 7.77. The first kappa shape index (κ1) is 15.8. The molecular formula is C12H21N3. The fraction of sp³-hybridized carbons (Fsp3) is 0.333. The van der Waals surface area contributed by atoms with Crippen molar-refractivity contribution in [2.24, 2.45) is 15.7 Å². The highest BCUT2D eigenvalue weighted by Gasteiger charge is 2.03. The molecule has 0 saturated carbocycles. The van der Waals surface area contributed by atoms with Crippen LogP contribution in [0.3, 0.4) is 0 Å². The fourth-order valence-corrected chi connectivity index (χ4v) is 0.676. The van der Waals surface area contributed by atoms with Gasteiger partial charge in [-0.25, -0.2) is 0 Å². The van der Waals surface area contributed by atoms with Crippen molar-refractivity contribution in [1.82, 2.24) is 0 Å². The Morgan fingerprint density at radius 1 is 1.27 bits per heavy atom. The lowest BCUT2D eigenvalue weighted by Crippen LogP contribution is -2.12. The molecule has 3 nitrogen and oxygen atoms in total. The fourth-order valence-electron chi connectivity index (χ4n) is 0.676. The molecule has 0 saturated heterocycles. The van der Waals surface area contributed by atoms with Crippen molar-refractivity contribution in [2.75, 3.05) is 0 Å². The van der Waals surface area contributed by atoms with E-state index in [0.717, 1.165) is 0 Å². The van der Waals surface area contributed by atoms with Crippen molar-refractivity contribution in [2.45, 2.75) is 27.7 Å². The van der Waals surface area contributed by atoms with Crippen LogP contribution >= 0.6 is 0 Å². The number of nitrogens with zero attached hydrogens (tertiary/aromatic N) is 2. The quantitative estimate of drug-likeness (QED) is 0.708. The minimum absolute atomic E-state index is 0.480. The number of hydrogen-bond donors (Lipinski definition) is 1. The van der Waals surface area contributed by atoms with Gasteiger partial charge in [0, 0.05) is 6.20 Å². The molecule has 0 amide bonds. The molecule has 0 heterocycles. The Bertz CT molecular complexity index is 279. The van der Waals surface area contributed by atoms with Crippen LogP contribution < -0.4 is 5.73 Å². The Morgan fingerprint density at radius 3 is 2.13 bits per heavy atom. The van der Waals surface area contributed by atoms with Gasteiger partial charge in [0.25, 0.3) is 0 Å². The van der Waals surface area contributed by atoms with Gasteiger partial charge in [0.1, 0.15) is 5.71 Å². The molecule has 0 aliphatic carbocycles. The van der Waals surface area contributed by atoms with Crippen molar-refractivity contribution < 1.29 is 0 Å². The van der Waals surface area contributed by atoms with E-state index in [-0.39, 0.29) is 0 Å². The summed E-state index contributed by atoms with van der Waals surface area (Å²) < 4.78 is 0. The number of allylic oxidation sites excluding steroid dienone is 2. The van der Waals surface area contributed by atoms with E-state index in [2.05, 4.69) is 23.3 Å². The van der Waals surface area contributed by atoms with E-state index in [1.165, 1.54) is 0 Å². The zero-order chi connectivity index (χ0) is 12.3. The van der Waals surface area contributed by atoms with Gasteiger partial charge >= 0.3 is 0 Å². The molecule has 0 aliphatic rings. The van der Waals surface area contributed by atoms with Gasteiger partial charge in [-0.05, 0) is 20.6 Å². The molecule has 0 aromatic rings. The van der Waals surface area contributed by atoms with Gasteiger partial charge in [-0.1, -0.05) is 32.6 Å². The summed E-state index contributed by atoms with van der Waals surface area (Å²) in [5.74, 6) is 0. The predicted molar refractivity (Wildman–Crippen MR) is 70.2 cm³/mol. The maximum atomic E-state index is 5.68. The van der Waals surface area contributed by atoms with E-state index in [0.29, 0.717) is 17.1 Å². The third-order valence-electron chi connectivity index (χ3n) is 1.40. The molecule has 0 unspecified atom stereocenters. The second-order valence-corrected chi connectivity index (χ2v) is 2.31. The van der Waals surface area contributed by atoms with E-state index in [4.69, 9.17) is 5.73 Å². The van der Waals surface area contributed by atoms with Crippen LogP contribution in [-0.2, 0) is 0 Å². The topological polar surface area (TPSA) is 50.7 Å². The first-order chi connectivity index (χ1) is 7.17. The van der Waals surface area contributed by atoms with Gasteiger partial charge in [0.15, 0.2) is 0 Å². The number of aliphatic imine (C=N–C) groups is 2. The predicted octanol–water partition coefficient (Wildman–Crippen LogP) is 3.06. The first-order valence-corrected chi connectivity index (χ1v) is 4.94. The summed E-state index contributed by atoms with van der Waals surface area (Å²) in [6.45, 7) is 14.8. The van der Waals surface area contributed by atoms with Crippen LogP contribution in [0.2, 0.25) is 0 Å². The number of nitrogens with two attached hydrogens (primary N) is 1. The van der Waals surface area contributed by atoms with Crippen LogP contribution in [0.5, 0.6) is 0 Å². The summed E-state index contributed by atoms with van der Waals surface area (Å²) in [7, 11) is 0. The summed E-state index contributed by atoms with van der Waals surface area (Å²) >= 11 is 0. The molecule has 0 spiro atoms. The molecule has 0 aliphatic heterocycles. The Labute approximate surface area is 92.8 Å². The van der Waals surface area contributed by atoms with Gasteiger partial charge in [-0.2, -0.15) is 0 Å². The zero-order valence-electron chi connectivity index (χ0n) is 10.1. The lowest BCUT2D eigenvalue weighted by molar-refractivity contribution is 1.36. The second kappa shape index (κ2) is 10.4. The standard InChI is InChI=1S/C10H15N3.C2H6/c1-5-7-13-10(8(3)12-4)9(11)6-2;1-2/h5-7H,3-4,11H2,1-2H3;1-2H3/b7-5-,9-6+,13-10-;. The van der Waals surface area contributed by atoms with Gasteiger partial charge in [-0.3, -0.25) is 9.98 Å². The van der Waals surface area contributed by atoms with E-state index in [1.807, 2.05) is 27.7 Å². The molecule has 0 aromatic carbocycles. The van der Waals surface area contributed by atoms with E-state index in [1.54, 1.807) is 18.4 Å². The smallest absolute Gasteiger partial charge is 0.110 e. The minimum atomic E-state index is 0.480. The lowest BCUT2D eigenvalue weighted by atomic mass is 10.2. The normalized spacial score (nSPS) is 12.0.